The molecule has 1 amide bonds. The summed E-state index contributed by atoms with van der Waals surface area (Å²) < 4.78 is 10.8. The van der Waals surface area contributed by atoms with Gasteiger partial charge < -0.3 is 34.8 Å². The van der Waals surface area contributed by atoms with Crippen molar-refractivity contribution in [3.8, 4) is 0 Å². The summed E-state index contributed by atoms with van der Waals surface area (Å²) in [5, 5.41) is 40.0. The average Bonchev–Trinajstić information content (AvgIpc) is 2.90. The van der Waals surface area contributed by atoms with E-state index in [0.717, 1.165) is 0 Å². The normalized spacial score (nSPS) is 29.8. The molecule has 0 radical (unpaired) electrons. The van der Waals surface area contributed by atoms with Crippen molar-refractivity contribution in [2.75, 3.05) is 11.9 Å². The highest BCUT2D eigenvalue weighted by molar-refractivity contribution is 6.32. The number of aliphatic imine (C=N–C) groups is 1. The first-order chi connectivity index (χ1) is 15.7. The molecule has 1 fully saturated rings. The molecule has 174 valence electrons. The van der Waals surface area contributed by atoms with Crippen molar-refractivity contribution >= 4 is 34.9 Å². The molecule has 0 spiro atoms. The Hall–Kier alpha value is -2.86. The molecule has 2 heterocycles. The van der Waals surface area contributed by atoms with Gasteiger partial charge in [0.2, 0.25) is 6.23 Å². The maximum Gasteiger partial charge on any atom is 0.335 e. The van der Waals surface area contributed by atoms with Crippen molar-refractivity contribution in [2.45, 2.75) is 36.9 Å². The molecule has 2 aromatic rings. The van der Waals surface area contributed by atoms with Gasteiger partial charge in [0.15, 0.2) is 12.4 Å². The molecule has 0 aromatic heterocycles. The monoisotopic (exact) mass is 476 g/mol. The Morgan fingerprint density at radius 1 is 1.09 bits per heavy atom. The number of aliphatic hydroxyl groups excluding tert-OH is 3. The fraction of sp³-hybridized carbons (Fsp3) is 0.318. The first kappa shape index (κ1) is 23.3. The number of benzene rings is 2. The number of halogens is 1. The second kappa shape index (κ2) is 9.18. The molecule has 2 aliphatic heterocycles. The summed E-state index contributed by atoms with van der Waals surface area (Å²) in [5.74, 6) is -2.20. The van der Waals surface area contributed by atoms with Gasteiger partial charge in [-0.25, -0.2) is 9.79 Å². The zero-order valence-electron chi connectivity index (χ0n) is 17.3. The molecule has 10 nitrogen and oxygen atoms in total. The van der Waals surface area contributed by atoms with E-state index in [1.807, 2.05) is 6.07 Å². The lowest BCUT2D eigenvalue weighted by atomic mass is 9.99. The number of hydrogen-bond acceptors (Lipinski definition) is 8. The summed E-state index contributed by atoms with van der Waals surface area (Å²) in [6.07, 6.45) is -10.8. The summed E-state index contributed by atoms with van der Waals surface area (Å²) >= 11 is 6.20. The summed E-state index contributed by atoms with van der Waals surface area (Å²) in [6, 6.07) is 13.9. The minimum atomic E-state index is -1.89. The number of likely N-dealkylation sites (N-methyl/N-ethyl adjacent to an activating group) is 1. The van der Waals surface area contributed by atoms with Crippen molar-refractivity contribution < 1.29 is 39.5 Å². The van der Waals surface area contributed by atoms with Gasteiger partial charge in [0.1, 0.15) is 18.3 Å². The van der Waals surface area contributed by atoms with Crippen molar-refractivity contribution in [3.63, 3.8) is 0 Å². The maximum atomic E-state index is 13.2. The van der Waals surface area contributed by atoms with E-state index in [1.54, 1.807) is 42.5 Å². The van der Waals surface area contributed by atoms with Crippen LogP contribution >= 0.6 is 11.6 Å². The molecule has 11 heteroatoms. The van der Waals surface area contributed by atoms with E-state index >= 15 is 0 Å². The summed E-state index contributed by atoms with van der Waals surface area (Å²) in [7, 11) is 1.51. The number of carboxylic acids is 1. The van der Waals surface area contributed by atoms with Gasteiger partial charge in [0.25, 0.3) is 5.91 Å². The van der Waals surface area contributed by atoms with Crippen molar-refractivity contribution in [3.05, 3.63) is 64.7 Å². The number of anilines is 1. The van der Waals surface area contributed by atoms with Gasteiger partial charge in [0.05, 0.1) is 11.4 Å². The van der Waals surface area contributed by atoms with Gasteiger partial charge in [-0.2, -0.15) is 0 Å². The van der Waals surface area contributed by atoms with Crippen LogP contribution in [0.15, 0.2) is 53.5 Å². The Labute approximate surface area is 193 Å². The molecule has 33 heavy (non-hydrogen) atoms. The van der Waals surface area contributed by atoms with Crippen LogP contribution in [-0.4, -0.2) is 82.0 Å². The van der Waals surface area contributed by atoms with Crippen LogP contribution < -0.4 is 4.90 Å². The zero-order chi connectivity index (χ0) is 23.9. The number of aliphatic hydroxyl groups is 3. The van der Waals surface area contributed by atoms with E-state index in [1.165, 1.54) is 11.9 Å². The van der Waals surface area contributed by atoms with Crippen LogP contribution in [0.2, 0.25) is 5.02 Å². The fourth-order valence-corrected chi connectivity index (χ4v) is 3.90. The number of aliphatic carboxylic acids is 1. The lowest BCUT2D eigenvalue weighted by molar-refractivity contribution is -0.300. The Morgan fingerprint density at radius 3 is 2.45 bits per heavy atom. The zero-order valence-corrected chi connectivity index (χ0v) is 18.0. The van der Waals surface area contributed by atoms with Crippen LogP contribution in [0.25, 0.3) is 0 Å². The van der Waals surface area contributed by atoms with Crippen molar-refractivity contribution in [1.29, 1.82) is 0 Å². The minimum Gasteiger partial charge on any atom is -0.479 e. The number of carbonyl (C=O) groups is 2. The number of carboxylic acid groups (broad SMARTS) is 1. The second-order valence-corrected chi connectivity index (χ2v) is 8.06. The lowest BCUT2D eigenvalue weighted by Gasteiger charge is -2.39. The molecular weight excluding hydrogens is 456 g/mol. The predicted octanol–water partition coefficient (Wildman–Crippen LogP) is 0.389. The molecule has 6 atom stereocenters. The van der Waals surface area contributed by atoms with E-state index in [9.17, 15) is 30.0 Å². The molecule has 2 aliphatic rings. The van der Waals surface area contributed by atoms with Crippen LogP contribution in [0.5, 0.6) is 0 Å². The van der Waals surface area contributed by atoms with E-state index in [2.05, 4.69) is 4.99 Å². The smallest absolute Gasteiger partial charge is 0.335 e. The molecule has 0 unspecified atom stereocenters. The Kier molecular flexibility index (Phi) is 6.48. The van der Waals surface area contributed by atoms with Gasteiger partial charge in [-0.3, -0.25) is 4.79 Å². The van der Waals surface area contributed by atoms with Crippen molar-refractivity contribution in [1.82, 2.24) is 0 Å². The SMILES string of the molecule is CN1C(=O)[C@@H](O[C@H]2O[C@H](C(=O)O)[C@@H](O)[C@H](O)[C@H]2O)N=C(c2ccccc2)c2cc(Cl)ccc21. The van der Waals surface area contributed by atoms with Crippen LogP contribution in [0, 0.1) is 0 Å². The standard InChI is InChI=1S/C22H21ClN2O8/c1-25-13-8-7-11(23)9-12(13)14(10-5-3-2-4-6-10)24-19(20(25)29)33-22-17(28)15(26)16(27)18(32-22)21(30)31/h2-9,15-19,22,26-28H,1H3,(H,30,31)/t15-,16-,17+,18-,19+,22+/m0/s1. The van der Waals surface area contributed by atoms with Gasteiger partial charge in [-0.05, 0) is 18.2 Å². The van der Waals surface area contributed by atoms with Crippen LogP contribution in [0.3, 0.4) is 0 Å². The topological polar surface area (TPSA) is 149 Å². The van der Waals surface area contributed by atoms with Gasteiger partial charge in [-0.1, -0.05) is 41.9 Å². The highest BCUT2D eigenvalue weighted by Gasteiger charge is 2.49. The molecule has 2 aromatic carbocycles. The lowest BCUT2D eigenvalue weighted by Crippen LogP contribution is -2.61. The number of fused-ring (bicyclic) bond motifs is 1. The fourth-order valence-electron chi connectivity index (χ4n) is 3.72. The third-order valence-corrected chi connectivity index (χ3v) is 5.72. The van der Waals surface area contributed by atoms with E-state index in [-0.39, 0.29) is 0 Å². The number of carbonyl (C=O) groups excluding carboxylic acids is 1. The minimum absolute atomic E-state index is 0.372. The highest BCUT2D eigenvalue weighted by atomic mass is 35.5. The largest absolute Gasteiger partial charge is 0.479 e. The Balaban J connectivity index is 1.76. The third-order valence-electron chi connectivity index (χ3n) is 5.49. The molecule has 1 saturated heterocycles. The predicted molar refractivity (Wildman–Crippen MR) is 116 cm³/mol. The number of ether oxygens (including phenoxy) is 2. The molecule has 0 bridgehead atoms. The quantitative estimate of drug-likeness (QED) is 0.495. The van der Waals surface area contributed by atoms with Crippen molar-refractivity contribution in [2.24, 2.45) is 4.99 Å². The number of nitrogens with zero attached hydrogens (tertiary/aromatic N) is 2. The van der Waals surface area contributed by atoms with Gasteiger partial charge in [-0.15, -0.1) is 0 Å². The van der Waals surface area contributed by atoms with Gasteiger partial charge in [0, 0.05) is 23.2 Å². The number of amides is 1. The second-order valence-electron chi connectivity index (χ2n) is 7.63. The first-order valence-electron chi connectivity index (χ1n) is 9.97. The van der Waals surface area contributed by atoms with E-state index in [0.29, 0.717) is 27.5 Å². The molecule has 4 N–H and O–H groups in total. The average molecular weight is 477 g/mol. The summed E-state index contributed by atoms with van der Waals surface area (Å²) in [4.78, 5) is 30.4. The number of hydrogen-bond donors (Lipinski definition) is 4. The molecule has 0 saturated carbocycles. The molecular formula is C22H21ClN2O8. The summed E-state index contributed by atoms with van der Waals surface area (Å²) in [6.45, 7) is 0. The first-order valence-corrected chi connectivity index (χ1v) is 10.4. The Morgan fingerprint density at radius 2 is 1.79 bits per heavy atom. The highest BCUT2D eigenvalue weighted by Crippen LogP contribution is 2.32. The van der Waals surface area contributed by atoms with E-state index < -0.39 is 48.8 Å². The van der Waals surface area contributed by atoms with Gasteiger partial charge >= 0.3 is 5.97 Å². The molecule has 4 rings (SSSR count). The third kappa shape index (κ3) is 4.36. The summed E-state index contributed by atoms with van der Waals surface area (Å²) in [5.41, 5.74) is 2.08. The maximum absolute atomic E-state index is 13.2. The van der Waals surface area contributed by atoms with Crippen LogP contribution in [-0.2, 0) is 19.1 Å². The molecule has 0 aliphatic carbocycles. The van der Waals surface area contributed by atoms with Crippen LogP contribution in [0.1, 0.15) is 11.1 Å². The number of rotatable bonds is 4. The Bertz CT molecular complexity index is 1100. The number of benzodiazepines with no additional fused rings is 1. The van der Waals surface area contributed by atoms with Crippen LogP contribution in [0.4, 0.5) is 5.69 Å². The van der Waals surface area contributed by atoms with E-state index in [4.69, 9.17) is 21.1 Å².